The zero-order valence-corrected chi connectivity index (χ0v) is 12.4. The van der Waals surface area contributed by atoms with Crippen LogP contribution in [0.4, 0.5) is 5.82 Å². The van der Waals surface area contributed by atoms with Crippen LogP contribution >= 0.6 is 43.4 Å². The summed E-state index contributed by atoms with van der Waals surface area (Å²) < 4.78 is 4.73. The van der Waals surface area contributed by atoms with E-state index in [1.165, 1.54) is 6.20 Å². The fourth-order valence-corrected chi connectivity index (χ4v) is 2.50. The molecule has 0 saturated carbocycles. The summed E-state index contributed by atoms with van der Waals surface area (Å²) in [6.07, 6.45) is 1.50. The Bertz CT molecular complexity index is 573. The van der Waals surface area contributed by atoms with Crippen molar-refractivity contribution in [3.63, 3.8) is 0 Å². The highest BCUT2D eigenvalue weighted by atomic mass is 79.9. The lowest BCUT2D eigenvalue weighted by Gasteiger charge is -2.04. The standard InChI is InChI=1S/C8H5Br2N5OS/c1-3-5(17-15-14-3)8(16)13-7-6(10)12-4(9)2-11-7/h2H,1H3,(H,11,13,16). The first-order chi connectivity index (χ1) is 8.08. The number of nitrogens with one attached hydrogen (secondary N) is 1. The van der Waals surface area contributed by atoms with Gasteiger partial charge in [0.1, 0.15) is 14.1 Å². The van der Waals surface area contributed by atoms with Gasteiger partial charge in [-0.05, 0) is 50.3 Å². The third-order valence-electron chi connectivity index (χ3n) is 1.79. The van der Waals surface area contributed by atoms with Gasteiger partial charge in [-0.25, -0.2) is 9.97 Å². The van der Waals surface area contributed by atoms with E-state index in [1.807, 2.05) is 0 Å². The Morgan fingerprint density at radius 1 is 1.47 bits per heavy atom. The second-order valence-corrected chi connectivity index (χ2v) is 5.29. The topological polar surface area (TPSA) is 80.7 Å². The summed E-state index contributed by atoms with van der Waals surface area (Å²) in [5.41, 5.74) is 0.591. The number of rotatable bonds is 2. The molecule has 0 radical (unpaired) electrons. The molecule has 0 aliphatic heterocycles. The first-order valence-corrected chi connectivity index (χ1v) is 6.72. The molecule has 1 amide bonds. The van der Waals surface area contributed by atoms with Crippen LogP contribution in [0.15, 0.2) is 15.4 Å². The van der Waals surface area contributed by atoms with Crippen LogP contribution in [0.2, 0.25) is 0 Å². The Labute approximate surface area is 117 Å². The van der Waals surface area contributed by atoms with E-state index in [2.05, 4.69) is 56.7 Å². The van der Waals surface area contributed by atoms with Crippen molar-refractivity contribution in [2.24, 2.45) is 0 Å². The molecule has 0 aliphatic carbocycles. The average Bonchev–Trinajstić information content (AvgIpc) is 2.68. The van der Waals surface area contributed by atoms with Crippen LogP contribution in [-0.4, -0.2) is 25.5 Å². The molecule has 88 valence electrons. The molecular weight excluding hydrogens is 374 g/mol. The minimum Gasteiger partial charge on any atom is -0.303 e. The van der Waals surface area contributed by atoms with Crippen molar-refractivity contribution >= 4 is 55.1 Å². The minimum absolute atomic E-state index is 0.296. The van der Waals surface area contributed by atoms with Crippen LogP contribution in [0.25, 0.3) is 0 Å². The fourth-order valence-electron chi connectivity index (χ4n) is 1.03. The highest BCUT2D eigenvalue weighted by molar-refractivity contribution is 9.11. The highest BCUT2D eigenvalue weighted by Crippen LogP contribution is 2.20. The smallest absolute Gasteiger partial charge is 0.270 e. The highest BCUT2D eigenvalue weighted by Gasteiger charge is 2.15. The molecule has 17 heavy (non-hydrogen) atoms. The molecule has 0 spiro atoms. The molecule has 0 fully saturated rings. The molecule has 0 bridgehead atoms. The molecule has 9 heteroatoms. The SMILES string of the molecule is Cc1nnsc1C(=O)Nc1ncc(Br)nc1Br. The molecule has 0 aliphatic rings. The zero-order chi connectivity index (χ0) is 12.4. The number of aromatic nitrogens is 4. The molecular formula is C8H5Br2N5OS. The number of carbonyl (C=O) groups is 1. The predicted molar refractivity (Wildman–Crippen MR) is 70.0 cm³/mol. The lowest BCUT2D eigenvalue weighted by Crippen LogP contribution is -2.13. The molecule has 1 N–H and O–H groups in total. The summed E-state index contributed by atoms with van der Waals surface area (Å²) in [5, 5.41) is 6.40. The average molecular weight is 379 g/mol. The van der Waals surface area contributed by atoms with Crippen LogP contribution in [-0.2, 0) is 0 Å². The first kappa shape index (κ1) is 12.5. The van der Waals surface area contributed by atoms with Gasteiger partial charge in [-0.3, -0.25) is 4.79 Å². The van der Waals surface area contributed by atoms with E-state index < -0.39 is 0 Å². The lowest BCUT2D eigenvalue weighted by molar-refractivity contribution is 0.102. The second-order valence-electron chi connectivity index (χ2n) is 2.97. The molecule has 0 saturated heterocycles. The molecule has 2 aromatic heterocycles. The molecule has 0 atom stereocenters. The van der Waals surface area contributed by atoms with Gasteiger partial charge in [0.15, 0.2) is 5.82 Å². The van der Waals surface area contributed by atoms with E-state index in [-0.39, 0.29) is 5.91 Å². The number of hydrogen-bond acceptors (Lipinski definition) is 6. The second kappa shape index (κ2) is 5.15. The Morgan fingerprint density at radius 3 is 2.82 bits per heavy atom. The van der Waals surface area contributed by atoms with Gasteiger partial charge in [-0.1, -0.05) is 4.49 Å². The van der Waals surface area contributed by atoms with Crippen molar-refractivity contribution in [1.29, 1.82) is 0 Å². The summed E-state index contributed by atoms with van der Waals surface area (Å²) in [5.74, 6) is 0.0563. The van der Waals surface area contributed by atoms with Gasteiger partial charge in [0.05, 0.1) is 11.9 Å². The van der Waals surface area contributed by atoms with Gasteiger partial charge < -0.3 is 5.32 Å². The van der Waals surface area contributed by atoms with Crippen molar-refractivity contribution in [2.45, 2.75) is 6.92 Å². The zero-order valence-electron chi connectivity index (χ0n) is 8.44. The van der Waals surface area contributed by atoms with Crippen molar-refractivity contribution in [1.82, 2.24) is 19.6 Å². The summed E-state index contributed by atoms with van der Waals surface area (Å²) in [6.45, 7) is 1.72. The molecule has 0 aromatic carbocycles. The summed E-state index contributed by atoms with van der Waals surface area (Å²) in [6, 6.07) is 0. The van der Waals surface area contributed by atoms with Crippen molar-refractivity contribution < 1.29 is 4.79 Å². The van der Waals surface area contributed by atoms with Gasteiger partial charge in [0.25, 0.3) is 5.91 Å². The molecule has 2 aromatic rings. The number of hydrogen-bond donors (Lipinski definition) is 1. The van der Waals surface area contributed by atoms with E-state index in [0.29, 0.717) is 25.6 Å². The van der Waals surface area contributed by atoms with E-state index in [0.717, 1.165) is 11.5 Å². The first-order valence-electron chi connectivity index (χ1n) is 4.36. The third kappa shape index (κ3) is 2.85. The fraction of sp³-hybridized carbons (Fsp3) is 0.125. The summed E-state index contributed by atoms with van der Waals surface area (Å²) >= 11 is 7.43. The van der Waals surface area contributed by atoms with E-state index >= 15 is 0 Å². The Morgan fingerprint density at radius 2 is 2.24 bits per heavy atom. The summed E-state index contributed by atoms with van der Waals surface area (Å²) in [7, 11) is 0. The number of nitrogens with zero attached hydrogens (tertiary/aromatic N) is 4. The van der Waals surface area contributed by atoms with Crippen LogP contribution in [0.5, 0.6) is 0 Å². The molecule has 0 unspecified atom stereocenters. The van der Waals surface area contributed by atoms with Crippen molar-refractivity contribution in [3.05, 3.63) is 26.0 Å². The van der Waals surface area contributed by atoms with Crippen molar-refractivity contribution in [2.75, 3.05) is 5.32 Å². The molecule has 6 nitrogen and oxygen atoms in total. The number of carbonyl (C=O) groups excluding carboxylic acids is 1. The molecule has 2 heterocycles. The maximum atomic E-state index is 11.9. The number of amides is 1. The van der Waals surface area contributed by atoms with E-state index in [1.54, 1.807) is 6.92 Å². The monoisotopic (exact) mass is 377 g/mol. The van der Waals surface area contributed by atoms with Crippen LogP contribution in [0.1, 0.15) is 15.4 Å². The Balaban J connectivity index is 2.22. The number of halogens is 2. The van der Waals surface area contributed by atoms with Gasteiger partial charge in [0.2, 0.25) is 0 Å². The number of aryl methyl sites for hydroxylation is 1. The van der Waals surface area contributed by atoms with E-state index in [9.17, 15) is 4.79 Å². The Hall–Kier alpha value is -0.930. The molecule has 2 rings (SSSR count). The lowest BCUT2D eigenvalue weighted by atomic mass is 10.4. The maximum absolute atomic E-state index is 11.9. The van der Waals surface area contributed by atoms with Gasteiger partial charge in [0, 0.05) is 0 Å². The Kier molecular flexibility index (Phi) is 3.79. The summed E-state index contributed by atoms with van der Waals surface area (Å²) in [4.78, 5) is 20.4. The third-order valence-corrected chi connectivity index (χ3v) is 3.55. The van der Waals surface area contributed by atoms with Crippen LogP contribution < -0.4 is 5.32 Å². The van der Waals surface area contributed by atoms with Crippen LogP contribution in [0.3, 0.4) is 0 Å². The van der Waals surface area contributed by atoms with Gasteiger partial charge in [-0.15, -0.1) is 5.10 Å². The van der Waals surface area contributed by atoms with Gasteiger partial charge in [-0.2, -0.15) is 0 Å². The van der Waals surface area contributed by atoms with Crippen LogP contribution in [0, 0.1) is 6.92 Å². The predicted octanol–water partition coefficient (Wildman–Crippen LogP) is 2.41. The normalized spacial score (nSPS) is 10.3. The maximum Gasteiger partial charge on any atom is 0.270 e. The van der Waals surface area contributed by atoms with Gasteiger partial charge >= 0.3 is 0 Å². The van der Waals surface area contributed by atoms with E-state index in [4.69, 9.17) is 0 Å². The quantitative estimate of drug-likeness (QED) is 0.867. The minimum atomic E-state index is -0.296. The van der Waals surface area contributed by atoms with Crippen molar-refractivity contribution in [3.8, 4) is 0 Å². The largest absolute Gasteiger partial charge is 0.303 e. The number of anilines is 1.